The van der Waals surface area contributed by atoms with E-state index >= 15 is 0 Å². The Bertz CT molecular complexity index is 1510. The summed E-state index contributed by atoms with van der Waals surface area (Å²) in [6.07, 6.45) is 3.66. The number of anilines is 1. The zero-order chi connectivity index (χ0) is 24.0. The minimum Gasteiger partial charge on any atom is -0.355 e. The third kappa shape index (κ3) is 3.72. The first-order valence-electron chi connectivity index (χ1n) is 11.0. The van der Waals surface area contributed by atoms with Gasteiger partial charge in [-0.15, -0.1) is 0 Å². The summed E-state index contributed by atoms with van der Waals surface area (Å²) in [6, 6.07) is 9.73. The smallest absolute Gasteiger partial charge is 0.279 e. The molecular formula is C25H22ClFN6O. The summed E-state index contributed by atoms with van der Waals surface area (Å²) < 4.78 is 17.7. The molecule has 3 heterocycles. The first-order chi connectivity index (χ1) is 16.4. The van der Waals surface area contributed by atoms with E-state index in [1.54, 1.807) is 23.0 Å². The van der Waals surface area contributed by atoms with Crippen LogP contribution in [-0.2, 0) is 7.05 Å². The highest BCUT2D eigenvalue weighted by molar-refractivity contribution is 6.32. The summed E-state index contributed by atoms with van der Waals surface area (Å²) in [6.45, 7) is 10.8. The van der Waals surface area contributed by atoms with Crippen molar-refractivity contribution in [3.63, 3.8) is 0 Å². The summed E-state index contributed by atoms with van der Waals surface area (Å²) in [5.41, 5.74) is 1.32. The van der Waals surface area contributed by atoms with Crippen LogP contribution < -0.4 is 10.5 Å². The van der Waals surface area contributed by atoms with Gasteiger partial charge < -0.3 is 4.90 Å². The van der Waals surface area contributed by atoms with Crippen LogP contribution in [0.1, 0.15) is 19.8 Å². The Labute approximate surface area is 200 Å². The number of hydrogen-bond acceptors (Lipinski definition) is 4. The van der Waals surface area contributed by atoms with E-state index in [0.29, 0.717) is 23.0 Å². The van der Waals surface area contributed by atoms with E-state index < -0.39 is 11.4 Å². The van der Waals surface area contributed by atoms with Crippen LogP contribution in [0.25, 0.3) is 32.8 Å². The van der Waals surface area contributed by atoms with Crippen molar-refractivity contribution >= 4 is 34.0 Å². The Morgan fingerprint density at radius 3 is 2.65 bits per heavy atom. The number of piperidine rings is 1. The Morgan fingerprint density at radius 2 is 1.94 bits per heavy atom. The maximum atomic E-state index is 14.6. The number of nitrogens with zero attached hydrogens (tertiary/aromatic N) is 6. The van der Waals surface area contributed by atoms with Gasteiger partial charge in [-0.3, -0.25) is 14.0 Å². The van der Waals surface area contributed by atoms with Crippen LogP contribution in [-0.4, -0.2) is 32.4 Å². The number of halogens is 2. The highest BCUT2D eigenvalue weighted by Crippen LogP contribution is 2.32. The molecule has 0 bridgehead atoms. The van der Waals surface area contributed by atoms with Crippen LogP contribution in [0.5, 0.6) is 0 Å². The summed E-state index contributed by atoms with van der Waals surface area (Å²) >= 11 is 6.61. The minimum atomic E-state index is -0.667. The normalized spacial score (nSPS) is 14.5. The van der Waals surface area contributed by atoms with Crippen molar-refractivity contribution < 1.29 is 4.39 Å². The summed E-state index contributed by atoms with van der Waals surface area (Å²) in [5.74, 6) is 0.597. The highest BCUT2D eigenvalue weighted by Gasteiger charge is 2.25. The first-order valence-corrected chi connectivity index (χ1v) is 11.4. The van der Waals surface area contributed by atoms with Crippen molar-refractivity contribution in [3.8, 4) is 17.1 Å². The SMILES string of the molecule is [C-]#[N+]c1ccc(-c2nc(N3CCC(C)CC3)c(Cl)c(=O)n2-c2ccc3c(cnn3C)c2)cc1F. The van der Waals surface area contributed by atoms with Crippen molar-refractivity contribution in [2.45, 2.75) is 19.8 Å². The van der Waals surface area contributed by atoms with Gasteiger partial charge in [0.15, 0.2) is 5.82 Å². The van der Waals surface area contributed by atoms with Gasteiger partial charge in [-0.25, -0.2) is 14.2 Å². The highest BCUT2D eigenvalue weighted by atomic mass is 35.5. The second kappa shape index (κ2) is 8.58. The molecule has 2 aromatic carbocycles. The quantitative estimate of drug-likeness (QED) is 0.373. The molecule has 0 saturated carbocycles. The lowest BCUT2D eigenvalue weighted by molar-refractivity contribution is 0.436. The standard InChI is InChI=1S/C25H22ClFN6O/c1-15-8-10-32(11-9-15)24-22(26)25(34)33(18-5-7-21-17(12-18)14-29-31(21)3)23(30-24)16-4-6-20(28-2)19(27)13-16/h4-7,12-15H,8-11H2,1,3H3. The lowest BCUT2D eigenvalue weighted by atomic mass is 9.99. The Morgan fingerprint density at radius 1 is 1.18 bits per heavy atom. The van der Waals surface area contributed by atoms with Crippen LogP contribution in [0, 0.1) is 18.3 Å². The number of rotatable bonds is 3. The third-order valence-electron chi connectivity index (χ3n) is 6.41. The molecule has 0 spiro atoms. The second-order valence-electron chi connectivity index (χ2n) is 8.67. The molecule has 0 N–H and O–H groups in total. The fourth-order valence-corrected chi connectivity index (χ4v) is 4.63. The van der Waals surface area contributed by atoms with E-state index in [9.17, 15) is 9.18 Å². The van der Waals surface area contributed by atoms with Gasteiger partial charge in [0, 0.05) is 31.1 Å². The Balaban J connectivity index is 1.75. The minimum absolute atomic E-state index is 0.0304. The number of benzene rings is 2. The number of aromatic nitrogens is 4. The van der Waals surface area contributed by atoms with E-state index in [2.05, 4.69) is 16.9 Å². The molecule has 0 radical (unpaired) electrons. The topological polar surface area (TPSA) is 60.3 Å². The lowest BCUT2D eigenvalue weighted by Crippen LogP contribution is -2.36. The van der Waals surface area contributed by atoms with E-state index in [1.165, 1.54) is 16.7 Å². The molecular weight excluding hydrogens is 455 g/mol. The molecule has 1 aliphatic rings. The maximum absolute atomic E-state index is 14.6. The van der Waals surface area contributed by atoms with Gasteiger partial charge >= 0.3 is 0 Å². The van der Waals surface area contributed by atoms with E-state index in [4.69, 9.17) is 23.2 Å². The molecule has 172 valence electrons. The molecule has 1 aliphatic heterocycles. The van der Waals surface area contributed by atoms with E-state index in [0.717, 1.165) is 36.8 Å². The largest absolute Gasteiger partial charge is 0.355 e. The van der Waals surface area contributed by atoms with Crippen molar-refractivity contribution in [1.29, 1.82) is 0 Å². The lowest BCUT2D eigenvalue weighted by Gasteiger charge is -2.32. The Kier molecular flexibility index (Phi) is 5.58. The molecule has 0 atom stereocenters. The van der Waals surface area contributed by atoms with Gasteiger partial charge in [0.1, 0.15) is 16.7 Å². The zero-order valence-electron chi connectivity index (χ0n) is 18.8. The van der Waals surface area contributed by atoms with Gasteiger partial charge in [-0.1, -0.05) is 30.7 Å². The van der Waals surface area contributed by atoms with Crippen LogP contribution in [0.2, 0.25) is 5.02 Å². The predicted molar refractivity (Wildman–Crippen MR) is 131 cm³/mol. The first kappa shape index (κ1) is 22.1. The fourth-order valence-electron chi connectivity index (χ4n) is 4.38. The molecule has 7 nitrogen and oxygen atoms in total. The maximum Gasteiger partial charge on any atom is 0.279 e. The van der Waals surface area contributed by atoms with Crippen molar-refractivity contribution in [2.24, 2.45) is 13.0 Å². The van der Waals surface area contributed by atoms with Gasteiger partial charge in [-0.2, -0.15) is 5.10 Å². The molecule has 0 aliphatic carbocycles. The predicted octanol–water partition coefficient (Wildman–Crippen LogP) is 5.37. The Hall–Kier alpha value is -3.70. The van der Waals surface area contributed by atoms with E-state index in [-0.39, 0.29) is 16.5 Å². The molecule has 0 amide bonds. The fraction of sp³-hybridized carbons (Fsp3) is 0.280. The van der Waals surface area contributed by atoms with Crippen LogP contribution in [0.4, 0.5) is 15.9 Å². The van der Waals surface area contributed by atoms with Crippen LogP contribution >= 0.6 is 11.6 Å². The van der Waals surface area contributed by atoms with Gasteiger partial charge in [0.2, 0.25) is 5.69 Å². The summed E-state index contributed by atoms with van der Waals surface area (Å²) in [4.78, 5) is 23.7. The molecule has 34 heavy (non-hydrogen) atoms. The molecule has 9 heteroatoms. The molecule has 5 rings (SSSR count). The molecule has 1 fully saturated rings. The zero-order valence-corrected chi connectivity index (χ0v) is 19.6. The monoisotopic (exact) mass is 476 g/mol. The third-order valence-corrected chi connectivity index (χ3v) is 6.74. The molecule has 2 aromatic heterocycles. The molecule has 4 aromatic rings. The summed E-state index contributed by atoms with van der Waals surface area (Å²) in [7, 11) is 1.84. The van der Waals surface area contributed by atoms with Gasteiger partial charge in [0.25, 0.3) is 5.56 Å². The van der Waals surface area contributed by atoms with Gasteiger partial charge in [-0.05, 0) is 43.0 Å². The summed E-state index contributed by atoms with van der Waals surface area (Å²) in [5, 5.41) is 5.14. The van der Waals surface area contributed by atoms with Crippen molar-refractivity contribution in [2.75, 3.05) is 18.0 Å². The van der Waals surface area contributed by atoms with Crippen molar-refractivity contribution in [1.82, 2.24) is 19.3 Å². The van der Waals surface area contributed by atoms with Crippen LogP contribution in [0.15, 0.2) is 47.4 Å². The number of fused-ring (bicyclic) bond motifs is 1. The van der Waals surface area contributed by atoms with E-state index in [1.807, 2.05) is 24.1 Å². The average molecular weight is 477 g/mol. The van der Waals surface area contributed by atoms with Crippen molar-refractivity contribution in [3.05, 3.63) is 75.2 Å². The van der Waals surface area contributed by atoms with Crippen LogP contribution in [0.3, 0.4) is 0 Å². The number of hydrogen-bond donors (Lipinski definition) is 0. The molecule has 1 saturated heterocycles. The number of aryl methyl sites for hydroxylation is 1. The average Bonchev–Trinajstić information content (AvgIpc) is 3.21. The second-order valence-corrected chi connectivity index (χ2v) is 9.05. The molecule has 0 unspecified atom stereocenters. The van der Waals surface area contributed by atoms with Gasteiger partial charge in [0.05, 0.1) is 24.0 Å².